The highest BCUT2D eigenvalue weighted by Gasteiger charge is 2.61. The zero-order valence-corrected chi connectivity index (χ0v) is 10.5. The van der Waals surface area contributed by atoms with E-state index in [2.05, 4.69) is 25.1 Å². The van der Waals surface area contributed by atoms with Crippen molar-refractivity contribution in [2.45, 2.75) is 37.8 Å². The number of nitrogens with zero attached hydrogens (tertiary/aromatic N) is 1. The maximum atomic E-state index is 11.9. The number of carbonyl (C=O) groups is 1. The second-order valence-electron chi connectivity index (χ2n) is 5.39. The van der Waals surface area contributed by atoms with Crippen LogP contribution in [0, 0.1) is 0 Å². The Morgan fingerprint density at radius 2 is 2.00 bits per heavy atom. The molecule has 2 aliphatic rings. The molecular formula is C14H17NO2. The van der Waals surface area contributed by atoms with Gasteiger partial charge in [0, 0.05) is 7.05 Å². The molecule has 1 aliphatic carbocycles. The number of likely N-dealkylation sites (N-methyl/N-ethyl adjacent to an activating group) is 1. The summed E-state index contributed by atoms with van der Waals surface area (Å²) in [5.41, 5.74) is 1.80. The summed E-state index contributed by atoms with van der Waals surface area (Å²) in [6.45, 7) is 4.15. The highest BCUT2D eigenvalue weighted by atomic mass is 16.6. The second-order valence-corrected chi connectivity index (χ2v) is 5.39. The Morgan fingerprint density at radius 3 is 2.76 bits per heavy atom. The summed E-state index contributed by atoms with van der Waals surface area (Å²) in [6, 6.07) is 8.36. The van der Waals surface area contributed by atoms with Crippen LogP contribution in [0.5, 0.6) is 0 Å². The molecule has 3 heteroatoms. The lowest BCUT2D eigenvalue weighted by Gasteiger charge is -2.45. The molecule has 3 rings (SSSR count). The van der Waals surface area contributed by atoms with Crippen LogP contribution in [-0.4, -0.2) is 23.6 Å². The van der Waals surface area contributed by atoms with Crippen molar-refractivity contribution in [3.8, 4) is 0 Å². The second kappa shape index (κ2) is 3.03. The van der Waals surface area contributed by atoms with Crippen molar-refractivity contribution in [3.05, 3.63) is 35.4 Å². The van der Waals surface area contributed by atoms with Crippen LogP contribution in [0.3, 0.4) is 0 Å². The predicted octanol–water partition coefficient (Wildman–Crippen LogP) is 2.69. The van der Waals surface area contributed by atoms with Crippen LogP contribution < -0.4 is 0 Å². The number of hydrogen-bond donors (Lipinski definition) is 0. The monoisotopic (exact) mass is 231 g/mol. The maximum Gasteiger partial charge on any atom is 0.411 e. The van der Waals surface area contributed by atoms with Gasteiger partial charge in [0.2, 0.25) is 0 Å². The number of ether oxygens (including phenoxy) is 1. The minimum absolute atomic E-state index is 0.216. The minimum Gasteiger partial charge on any atom is -0.440 e. The van der Waals surface area contributed by atoms with Crippen molar-refractivity contribution in [1.29, 1.82) is 0 Å². The van der Waals surface area contributed by atoms with Gasteiger partial charge in [-0.1, -0.05) is 24.3 Å². The van der Waals surface area contributed by atoms with Gasteiger partial charge < -0.3 is 4.74 Å². The van der Waals surface area contributed by atoms with Crippen LogP contribution in [0.15, 0.2) is 24.3 Å². The van der Waals surface area contributed by atoms with Gasteiger partial charge in [-0.05, 0) is 37.8 Å². The number of carbonyl (C=O) groups excluding carboxylic acids is 1. The molecule has 1 aromatic carbocycles. The normalized spacial score (nSPS) is 35.2. The first-order valence-electron chi connectivity index (χ1n) is 6.04. The summed E-state index contributed by atoms with van der Waals surface area (Å²) in [7, 11) is 1.83. The summed E-state index contributed by atoms with van der Waals surface area (Å²) in [5.74, 6) is 0. The van der Waals surface area contributed by atoms with Crippen molar-refractivity contribution >= 4 is 6.09 Å². The number of rotatable bonds is 0. The van der Waals surface area contributed by atoms with Gasteiger partial charge >= 0.3 is 6.09 Å². The van der Waals surface area contributed by atoms with Gasteiger partial charge in [0.1, 0.15) is 11.1 Å². The summed E-state index contributed by atoms with van der Waals surface area (Å²) in [4.78, 5) is 13.6. The average Bonchev–Trinajstić information content (AvgIpc) is 2.50. The first kappa shape index (κ1) is 10.6. The van der Waals surface area contributed by atoms with Crippen molar-refractivity contribution in [2.75, 3.05) is 7.05 Å². The molecule has 3 nitrogen and oxygen atoms in total. The molecule has 0 spiro atoms. The van der Waals surface area contributed by atoms with E-state index in [-0.39, 0.29) is 11.6 Å². The first-order chi connectivity index (χ1) is 7.99. The molecule has 0 radical (unpaired) electrons. The lowest BCUT2D eigenvalue weighted by Crippen LogP contribution is -2.53. The third-order valence-corrected chi connectivity index (χ3v) is 4.70. The van der Waals surface area contributed by atoms with E-state index in [1.54, 1.807) is 4.90 Å². The number of benzene rings is 1. The fourth-order valence-electron chi connectivity index (χ4n) is 3.24. The van der Waals surface area contributed by atoms with Crippen LogP contribution in [0.2, 0.25) is 0 Å². The van der Waals surface area contributed by atoms with Gasteiger partial charge in [-0.15, -0.1) is 0 Å². The van der Waals surface area contributed by atoms with E-state index in [9.17, 15) is 4.79 Å². The van der Waals surface area contributed by atoms with Gasteiger partial charge in [0.25, 0.3) is 0 Å². The molecule has 2 atom stereocenters. The molecule has 0 N–H and O–H groups in total. The fourth-order valence-corrected chi connectivity index (χ4v) is 3.24. The van der Waals surface area contributed by atoms with E-state index in [1.807, 2.05) is 20.0 Å². The standard InChI is InChI=1S/C14H17NO2/c1-13-9-8-10-6-4-5-7-11(10)14(13,2)15(3)12(16)17-13/h4-7H,8-9H2,1-3H3/t13-,14-/m1/s1. The minimum atomic E-state index is -0.410. The predicted molar refractivity (Wildman–Crippen MR) is 64.8 cm³/mol. The zero-order chi connectivity index (χ0) is 12.3. The van der Waals surface area contributed by atoms with Gasteiger partial charge in [-0.2, -0.15) is 0 Å². The molecule has 17 heavy (non-hydrogen) atoms. The topological polar surface area (TPSA) is 29.5 Å². The first-order valence-corrected chi connectivity index (χ1v) is 6.04. The Bertz CT molecular complexity index is 499. The average molecular weight is 231 g/mol. The van der Waals surface area contributed by atoms with Gasteiger partial charge in [-0.3, -0.25) is 4.90 Å². The Balaban J connectivity index is 2.25. The van der Waals surface area contributed by atoms with Gasteiger partial charge in [0.15, 0.2) is 0 Å². The van der Waals surface area contributed by atoms with Crippen molar-refractivity contribution in [3.63, 3.8) is 0 Å². The van der Waals surface area contributed by atoms with Crippen LogP contribution in [0.25, 0.3) is 0 Å². The number of fused-ring (bicyclic) bond motifs is 3. The molecule has 1 amide bonds. The molecule has 0 saturated carbocycles. The van der Waals surface area contributed by atoms with E-state index >= 15 is 0 Å². The lowest BCUT2D eigenvalue weighted by atomic mass is 9.68. The van der Waals surface area contributed by atoms with Crippen molar-refractivity contribution in [2.24, 2.45) is 0 Å². The Hall–Kier alpha value is -1.51. The fraction of sp³-hybridized carbons (Fsp3) is 0.500. The molecule has 0 unspecified atom stereocenters. The number of hydrogen-bond acceptors (Lipinski definition) is 2. The maximum absolute atomic E-state index is 11.9. The van der Waals surface area contributed by atoms with Crippen molar-refractivity contribution < 1.29 is 9.53 Å². The quantitative estimate of drug-likeness (QED) is 0.687. The zero-order valence-electron chi connectivity index (χ0n) is 10.5. The number of aryl methyl sites for hydroxylation is 1. The van der Waals surface area contributed by atoms with Crippen LogP contribution >= 0.6 is 0 Å². The molecule has 0 aromatic heterocycles. The molecule has 1 aromatic rings. The van der Waals surface area contributed by atoms with Crippen LogP contribution in [0.1, 0.15) is 31.4 Å². The molecular weight excluding hydrogens is 214 g/mol. The van der Waals surface area contributed by atoms with Crippen molar-refractivity contribution in [1.82, 2.24) is 4.90 Å². The van der Waals surface area contributed by atoms with Gasteiger partial charge in [0.05, 0.1) is 0 Å². The van der Waals surface area contributed by atoms with Gasteiger partial charge in [-0.25, -0.2) is 4.79 Å². The molecule has 1 heterocycles. The summed E-state index contributed by atoms with van der Waals surface area (Å²) in [5, 5.41) is 0. The SMILES string of the molecule is CN1C(=O)O[C@]2(C)CCc3ccccc3[C@@]12C. The van der Waals surface area contributed by atoms with E-state index in [4.69, 9.17) is 4.74 Å². The molecule has 0 bridgehead atoms. The number of amides is 1. The van der Waals surface area contributed by atoms with E-state index in [1.165, 1.54) is 11.1 Å². The van der Waals surface area contributed by atoms with E-state index in [0.717, 1.165) is 12.8 Å². The Kier molecular flexibility index (Phi) is 1.90. The van der Waals surface area contributed by atoms with Crippen LogP contribution in [-0.2, 0) is 16.7 Å². The summed E-state index contributed by atoms with van der Waals surface area (Å²) in [6.07, 6.45) is 1.65. The molecule has 1 saturated heterocycles. The van der Waals surface area contributed by atoms with E-state index < -0.39 is 5.60 Å². The molecule has 1 aliphatic heterocycles. The summed E-state index contributed by atoms with van der Waals surface area (Å²) < 4.78 is 5.61. The third-order valence-electron chi connectivity index (χ3n) is 4.70. The highest BCUT2D eigenvalue weighted by molar-refractivity contribution is 5.73. The summed E-state index contributed by atoms with van der Waals surface area (Å²) >= 11 is 0. The smallest absolute Gasteiger partial charge is 0.411 e. The third kappa shape index (κ3) is 1.09. The molecule has 90 valence electrons. The Labute approximate surface area is 101 Å². The highest BCUT2D eigenvalue weighted by Crippen LogP contribution is 2.52. The Morgan fingerprint density at radius 1 is 1.29 bits per heavy atom. The largest absolute Gasteiger partial charge is 0.440 e. The van der Waals surface area contributed by atoms with E-state index in [0.29, 0.717) is 0 Å². The lowest BCUT2D eigenvalue weighted by molar-refractivity contribution is -0.00633. The van der Waals surface area contributed by atoms with Crippen LogP contribution in [0.4, 0.5) is 4.79 Å². The molecule has 1 fully saturated rings.